The Kier molecular flexibility index (Phi) is 5.17. The van der Waals surface area contributed by atoms with Crippen molar-refractivity contribution in [2.75, 3.05) is 43.3 Å². The van der Waals surface area contributed by atoms with Gasteiger partial charge < -0.3 is 15.1 Å². The van der Waals surface area contributed by atoms with Gasteiger partial charge in [-0.3, -0.25) is 14.9 Å². The molecular weight excluding hydrogens is 356 g/mol. The Labute approximate surface area is 163 Å². The van der Waals surface area contributed by atoms with Crippen molar-refractivity contribution >= 4 is 39.4 Å². The fourth-order valence-corrected chi connectivity index (χ4v) is 3.15. The number of anilines is 3. The molecule has 0 radical (unpaired) electrons. The minimum atomic E-state index is -0.488. The van der Waals surface area contributed by atoms with E-state index in [1.807, 2.05) is 68.3 Å². The molecule has 0 atom stereocenters. The molecule has 0 bridgehead atoms. The number of benzene rings is 3. The van der Waals surface area contributed by atoms with E-state index in [1.54, 1.807) is 0 Å². The van der Waals surface area contributed by atoms with Gasteiger partial charge in [0.2, 0.25) is 0 Å². The number of amides is 1. The Morgan fingerprint density at radius 1 is 0.893 bits per heavy atom. The van der Waals surface area contributed by atoms with Crippen molar-refractivity contribution in [3.8, 4) is 0 Å². The number of nitro groups is 1. The molecule has 0 spiro atoms. The van der Waals surface area contributed by atoms with Crippen LogP contribution < -0.4 is 15.1 Å². The van der Waals surface area contributed by atoms with Crippen molar-refractivity contribution in [1.29, 1.82) is 0 Å². The quantitative estimate of drug-likeness (QED) is 0.533. The largest absolute Gasteiger partial charge is 0.377 e. The predicted octanol–water partition coefficient (Wildman–Crippen LogP) is 4.13. The number of hydrogen-bond donors (Lipinski definition) is 1. The van der Waals surface area contributed by atoms with Crippen LogP contribution in [0.1, 0.15) is 10.4 Å². The zero-order chi connectivity index (χ0) is 20.4. The van der Waals surface area contributed by atoms with E-state index in [9.17, 15) is 14.9 Å². The molecule has 7 nitrogen and oxygen atoms in total. The first-order valence-corrected chi connectivity index (χ1v) is 8.76. The smallest absolute Gasteiger partial charge is 0.269 e. The topological polar surface area (TPSA) is 78.7 Å². The lowest BCUT2D eigenvalue weighted by molar-refractivity contribution is -0.384. The number of rotatable bonds is 5. The van der Waals surface area contributed by atoms with E-state index in [0.29, 0.717) is 11.3 Å². The van der Waals surface area contributed by atoms with Gasteiger partial charge in [0, 0.05) is 73.7 Å². The summed E-state index contributed by atoms with van der Waals surface area (Å²) in [4.78, 5) is 27.1. The van der Waals surface area contributed by atoms with E-state index in [1.165, 1.54) is 24.3 Å². The third-order valence-electron chi connectivity index (χ3n) is 4.55. The second-order valence-corrected chi connectivity index (χ2v) is 6.88. The van der Waals surface area contributed by atoms with E-state index in [4.69, 9.17) is 0 Å². The SMILES string of the molecule is CN(C)c1cccc2c(NC(=O)c3ccc([N+](=O)[O-])cc3)ccc(N(C)C)c12. The second kappa shape index (κ2) is 7.56. The number of carbonyl (C=O) groups excluding carboxylic acids is 1. The minimum Gasteiger partial charge on any atom is -0.377 e. The molecule has 0 aliphatic carbocycles. The fourth-order valence-electron chi connectivity index (χ4n) is 3.15. The summed E-state index contributed by atoms with van der Waals surface area (Å²) in [5.41, 5.74) is 3.10. The van der Waals surface area contributed by atoms with E-state index in [0.717, 1.165) is 22.1 Å². The number of hydrogen-bond acceptors (Lipinski definition) is 5. The zero-order valence-corrected chi connectivity index (χ0v) is 16.3. The molecule has 3 aromatic rings. The van der Waals surface area contributed by atoms with Crippen LogP contribution in [-0.2, 0) is 0 Å². The van der Waals surface area contributed by atoms with Crippen molar-refractivity contribution < 1.29 is 9.72 Å². The standard InChI is InChI=1S/C21H22N4O3/c1-23(2)18-7-5-6-16-17(12-13-19(20(16)18)24(3)4)22-21(26)14-8-10-15(11-9-14)25(27)28/h5-13H,1-4H3,(H,22,26). The average molecular weight is 378 g/mol. The molecule has 3 rings (SSSR count). The Morgan fingerprint density at radius 2 is 1.50 bits per heavy atom. The van der Waals surface area contributed by atoms with Gasteiger partial charge in [0.05, 0.1) is 4.92 Å². The summed E-state index contributed by atoms with van der Waals surface area (Å²) < 4.78 is 0. The summed E-state index contributed by atoms with van der Waals surface area (Å²) in [6.45, 7) is 0. The molecule has 0 heterocycles. The van der Waals surface area contributed by atoms with Gasteiger partial charge in [0.1, 0.15) is 0 Å². The van der Waals surface area contributed by atoms with E-state index < -0.39 is 4.92 Å². The van der Waals surface area contributed by atoms with Crippen LogP contribution in [0.5, 0.6) is 0 Å². The normalized spacial score (nSPS) is 10.6. The molecular formula is C21H22N4O3. The average Bonchev–Trinajstić information content (AvgIpc) is 2.67. The van der Waals surface area contributed by atoms with Crippen molar-refractivity contribution in [3.63, 3.8) is 0 Å². The molecule has 144 valence electrons. The number of carbonyl (C=O) groups is 1. The van der Waals surface area contributed by atoms with E-state index in [2.05, 4.69) is 5.32 Å². The Morgan fingerprint density at radius 3 is 2.07 bits per heavy atom. The van der Waals surface area contributed by atoms with E-state index in [-0.39, 0.29) is 11.6 Å². The molecule has 0 saturated heterocycles. The van der Waals surface area contributed by atoms with Gasteiger partial charge >= 0.3 is 0 Å². The van der Waals surface area contributed by atoms with Crippen LogP contribution in [0.3, 0.4) is 0 Å². The highest BCUT2D eigenvalue weighted by Crippen LogP contribution is 2.38. The first-order chi connectivity index (χ1) is 13.3. The van der Waals surface area contributed by atoms with E-state index >= 15 is 0 Å². The first-order valence-electron chi connectivity index (χ1n) is 8.76. The van der Waals surface area contributed by atoms with Crippen LogP contribution in [0, 0.1) is 10.1 Å². The molecule has 28 heavy (non-hydrogen) atoms. The summed E-state index contributed by atoms with van der Waals surface area (Å²) in [5, 5.41) is 15.7. The summed E-state index contributed by atoms with van der Waals surface area (Å²) in [5.74, 6) is -0.316. The van der Waals surface area contributed by atoms with Crippen molar-refractivity contribution in [1.82, 2.24) is 0 Å². The van der Waals surface area contributed by atoms with Crippen LogP contribution in [0.4, 0.5) is 22.7 Å². The molecule has 3 aromatic carbocycles. The maximum absolute atomic E-state index is 12.7. The fraction of sp³-hybridized carbons (Fsp3) is 0.190. The molecule has 1 N–H and O–H groups in total. The molecule has 0 unspecified atom stereocenters. The van der Waals surface area contributed by atoms with Gasteiger partial charge in [-0.1, -0.05) is 12.1 Å². The third kappa shape index (κ3) is 3.59. The highest BCUT2D eigenvalue weighted by molar-refractivity contribution is 6.14. The third-order valence-corrected chi connectivity index (χ3v) is 4.55. The Bertz CT molecular complexity index is 1030. The zero-order valence-electron chi connectivity index (χ0n) is 16.3. The molecule has 0 aromatic heterocycles. The first kappa shape index (κ1) is 19.2. The monoisotopic (exact) mass is 378 g/mol. The van der Waals surface area contributed by atoms with Gasteiger partial charge in [-0.2, -0.15) is 0 Å². The van der Waals surface area contributed by atoms with Gasteiger partial charge in [-0.15, -0.1) is 0 Å². The number of fused-ring (bicyclic) bond motifs is 1. The maximum Gasteiger partial charge on any atom is 0.269 e. The van der Waals surface area contributed by atoms with Crippen molar-refractivity contribution in [3.05, 3.63) is 70.3 Å². The number of nitrogens with one attached hydrogen (secondary N) is 1. The highest BCUT2D eigenvalue weighted by Gasteiger charge is 2.15. The molecule has 0 aliphatic rings. The molecule has 0 fully saturated rings. The molecule has 1 amide bonds. The van der Waals surface area contributed by atoms with Gasteiger partial charge in [0.15, 0.2) is 0 Å². The van der Waals surface area contributed by atoms with Gasteiger partial charge in [0.25, 0.3) is 11.6 Å². The number of nitrogens with zero attached hydrogens (tertiary/aromatic N) is 3. The Hall–Kier alpha value is -3.61. The van der Waals surface area contributed by atoms with Crippen LogP contribution in [0.15, 0.2) is 54.6 Å². The van der Waals surface area contributed by atoms with Gasteiger partial charge in [-0.05, 0) is 30.3 Å². The number of non-ortho nitro benzene ring substituents is 1. The number of nitro benzene ring substituents is 1. The summed E-state index contributed by atoms with van der Waals surface area (Å²) in [7, 11) is 7.93. The second-order valence-electron chi connectivity index (χ2n) is 6.88. The van der Waals surface area contributed by atoms with Crippen LogP contribution in [-0.4, -0.2) is 39.0 Å². The lowest BCUT2D eigenvalue weighted by atomic mass is 10.0. The lowest BCUT2D eigenvalue weighted by Crippen LogP contribution is -2.15. The Balaban J connectivity index is 2.04. The van der Waals surface area contributed by atoms with Crippen LogP contribution in [0.25, 0.3) is 10.8 Å². The van der Waals surface area contributed by atoms with Crippen LogP contribution >= 0.6 is 0 Å². The molecule has 0 saturated carbocycles. The van der Waals surface area contributed by atoms with Crippen LogP contribution in [0.2, 0.25) is 0 Å². The summed E-state index contributed by atoms with van der Waals surface area (Å²) >= 11 is 0. The maximum atomic E-state index is 12.7. The van der Waals surface area contributed by atoms with Crippen molar-refractivity contribution in [2.24, 2.45) is 0 Å². The molecule has 0 aliphatic heterocycles. The minimum absolute atomic E-state index is 0.0482. The predicted molar refractivity (Wildman–Crippen MR) is 114 cm³/mol. The highest BCUT2D eigenvalue weighted by atomic mass is 16.6. The van der Waals surface area contributed by atoms with Gasteiger partial charge in [-0.25, -0.2) is 0 Å². The summed E-state index contributed by atoms with van der Waals surface area (Å²) in [6, 6.07) is 15.4. The van der Waals surface area contributed by atoms with Crippen molar-refractivity contribution in [2.45, 2.75) is 0 Å². The summed E-state index contributed by atoms with van der Waals surface area (Å²) in [6.07, 6.45) is 0. The molecule has 7 heteroatoms. The lowest BCUT2D eigenvalue weighted by Gasteiger charge is -2.23.